The highest BCUT2D eigenvalue weighted by molar-refractivity contribution is 6.21. The molecule has 0 radical (unpaired) electrons. The second-order valence-electron chi connectivity index (χ2n) is 5.78. The molecular formula is C14H23Cl. The molecular weight excluding hydrogens is 204 g/mol. The lowest BCUT2D eigenvalue weighted by atomic mass is 9.81. The molecule has 0 aliphatic heterocycles. The molecule has 1 atom stereocenters. The fraction of sp³-hybridized carbons (Fsp3) is 0.857. The Bertz CT molecular complexity index is 236. The number of allylic oxidation sites excluding steroid dienone is 2. The normalized spacial score (nSPS) is 31.1. The lowest BCUT2D eigenvalue weighted by molar-refractivity contribution is 0.329. The summed E-state index contributed by atoms with van der Waals surface area (Å²) in [6.07, 6.45) is 14.6. The van der Waals surface area contributed by atoms with E-state index in [0.717, 1.165) is 0 Å². The van der Waals surface area contributed by atoms with Gasteiger partial charge in [-0.3, -0.25) is 0 Å². The average Bonchev–Trinajstić information content (AvgIpc) is 2.49. The van der Waals surface area contributed by atoms with Gasteiger partial charge in [0, 0.05) is 0 Å². The molecule has 1 saturated carbocycles. The fourth-order valence-corrected chi connectivity index (χ4v) is 3.55. The average molecular weight is 227 g/mol. The highest BCUT2D eigenvalue weighted by Gasteiger charge is 2.29. The first-order chi connectivity index (χ1) is 7.18. The van der Waals surface area contributed by atoms with Crippen LogP contribution in [0.15, 0.2) is 11.6 Å². The molecule has 0 aromatic heterocycles. The third kappa shape index (κ3) is 3.24. The standard InChI is InChI=1S/C14H23Cl/c1-14(8-4-5-9-14)11-12-6-2-3-7-13(15)10-12/h10,13H,2-9,11H2,1H3. The van der Waals surface area contributed by atoms with E-state index in [2.05, 4.69) is 13.0 Å². The van der Waals surface area contributed by atoms with Crippen LogP contribution in [0.25, 0.3) is 0 Å². The fourth-order valence-electron chi connectivity index (χ4n) is 3.21. The van der Waals surface area contributed by atoms with Crippen molar-refractivity contribution in [2.24, 2.45) is 5.41 Å². The SMILES string of the molecule is CC1(CC2=CC(Cl)CCCC2)CCCC1. The Balaban J connectivity index is 1.97. The molecule has 0 amide bonds. The second-order valence-corrected chi connectivity index (χ2v) is 6.34. The smallest absolute Gasteiger partial charge is 0.0518 e. The van der Waals surface area contributed by atoms with Crippen LogP contribution in [-0.2, 0) is 0 Å². The molecule has 1 heteroatoms. The molecule has 0 aromatic rings. The van der Waals surface area contributed by atoms with Gasteiger partial charge >= 0.3 is 0 Å². The van der Waals surface area contributed by atoms with E-state index < -0.39 is 0 Å². The van der Waals surface area contributed by atoms with E-state index in [1.165, 1.54) is 57.8 Å². The van der Waals surface area contributed by atoms with Crippen molar-refractivity contribution in [3.8, 4) is 0 Å². The summed E-state index contributed by atoms with van der Waals surface area (Å²) in [5.41, 5.74) is 2.25. The summed E-state index contributed by atoms with van der Waals surface area (Å²) in [6, 6.07) is 0. The first-order valence-electron chi connectivity index (χ1n) is 6.52. The predicted molar refractivity (Wildman–Crippen MR) is 67.4 cm³/mol. The van der Waals surface area contributed by atoms with Crippen LogP contribution >= 0.6 is 11.6 Å². The monoisotopic (exact) mass is 226 g/mol. The van der Waals surface area contributed by atoms with Crippen LogP contribution < -0.4 is 0 Å². The second kappa shape index (κ2) is 4.91. The van der Waals surface area contributed by atoms with Crippen molar-refractivity contribution >= 4 is 11.6 Å². The van der Waals surface area contributed by atoms with Crippen LogP contribution in [0.2, 0.25) is 0 Å². The quantitative estimate of drug-likeness (QED) is 0.456. The van der Waals surface area contributed by atoms with Crippen LogP contribution in [0.1, 0.15) is 64.7 Å². The van der Waals surface area contributed by atoms with Crippen LogP contribution in [0, 0.1) is 5.41 Å². The van der Waals surface area contributed by atoms with Crippen LogP contribution in [0.3, 0.4) is 0 Å². The van der Waals surface area contributed by atoms with Crippen LogP contribution in [0.4, 0.5) is 0 Å². The van der Waals surface area contributed by atoms with Gasteiger partial charge in [0.15, 0.2) is 0 Å². The molecule has 86 valence electrons. The first kappa shape index (κ1) is 11.5. The van der Waals surface area contributed by atoms with Crippen molar-refractivity contribution in [2.75, 3.05) is 0 Å². The molecule has 0 saturated heterocycles. The molecule has 2 aliphatic rings. The summed E-state index contributed by atoms with van der Waals surface area (Å²) in [5.74, 6) is 0. The van der Waals surface area contributed by atoms with E-state index in [-0.39, 0.29) is 0 Å². The first-order valence-corrected chi connectivity index (χ1v) is 6.95. The summed E-state index contributed by atoms with van der Waals surface area (Å²) in [5, 5.41) is 0.313. The molecule has 0 bridgehead atoms. The van der Waals surface area contributed by atoms with E-state index in [0.29, 0.717) is 10.8 Å². The van der Waals surface area contributed by atoms with Gasteiger partial charge in [0.2, 0.25) is 0 Å². The minimum atomic E-state index is 0.313. The molecule has 0 nitrogen and oxygen atoms in total. The van der Waals surface area contributed by atoms with Gasteiger partial charge in [0.25, 0.3) is 0 Å². The van der Waals surface area contributed by atoms with Gasteiger partial charge < -0.3 is 0 Å². The molecule has 2 aliphatic carbocycles. The van der Waals surface area contributed by atoms with Gasteiger partial charge in [-0.05, 0) is 43.9 Å². The molecule has 0 spiro atoms. The Morgan fingerprint density at radius 1 is 1.27 bits per heavy atom. The van der Waals surface area contributed by atoms with Crippen molar-refractivity contribution in [1.82, 2.24) is 0 Å². The lowest BCUT2D eigenvalue weighted by Gasteiger charge is -2.25. The van der Waals surface area contributed by atoms with Crippen molar-refractivity contribution < 1.29 is 0 Å². The third-order valence-corrected chi connectivity index (χ3v) is 4.45. The largest absolute Gasteiger partial charge is 0.118 e. The van der Waals surface area contributed by atoms with Crippen molar-refractivity contribution in [1.29, 1.82) is 0 Å². The van der Waals surface area contributed by atoms with Crippen LogP contribution in [0.5, 0.6) is 0 Å². The van der Waals surface area contributed by atoms with Gasteiger partial charge in [-0.25, -0.2) is 0 Å². The van der Waals surface area contributed by atoms with Gasteiger partial charge in [0.05, 0.1) is 5.38 Å². The van der Waals surface area contributed by atoms with E-state index in [9.17, 15) is 0 Å². The number of hydrogen-bond donors (Lipinski definition) is 0. The lowest BCUT2D eigenvalue weighted by Crippen LogP contribution is -2.12. The van der Waals surface area contributed by atoms with Gasteiger partial charge in [-0.15, -0.1) is 11.6 Å². The predicted octanol–water partition coefficient (Wildman–Crippen LogP) is 5.06. The summed E-state index contributed by atoms with van der Waals surface area (Å²) in [7, 11) is 0. The third-order valence-electron chi connectivity index (χ3n) is 4.11. The minimum absolute atomic E-state index is 0.313. The number of alkyl halides is 1. The van der Waals surface area contributed by atoms with Crippen molar-refractivity contribution in [3.63, 3.8) is 0 Å². The number of hydrogen-bond acceptors (Lipinski definition) is 0. The zero-order chi connectivity index (χ0) is 10.7. The Hall–Kier alpha value is 0.0300. The topological polar surface area (TPSA) is 0 Å². The molecule has 1 fully saturated rings. The minimum Gasteiger partial charge on any atom is -0.118 e. The Morgan fingerprint density at radius 3 is 2.73 bits per heavy atom. The summed E-state index contributed by atoms with van der Waals surface area (Å²) in [4.78, 5) is 0. The molecule has 2 rings (SSSR count). The Kier molecular flexibility index (Phi) is 3.77. The summed E-state index contributed by atoms with van der Waals surface area (Å²) >= 11 is 6.27. The summed E-state index contributed by atoms with van der Waals surface area (Å²) < 4.78 is 0. The maximum atomic E-state index is 6.27. The molecule has 1 unspecified atom stereocenters. The Labute approximate surface area is 99.1 Å². The van der Waals surface area contributed by atoms with E-state index in [4.69, 9.17) is 11.6 Å². The van der Waals surface area contributed by atoms with Crippen LogP contribution in [-0.4, -0.2) is 5.38 Å². The highest BCUT2D eigenvalue weighted by atomic mass is 35.5. The summed E-state index contributed by atoms with van der Waals surface area (Å²) in [6.45, 7) is 2.47. The number of halogens is 1. The zero-order valence-corrected chi connectivity index (χ0v) is 10.7. The maximum absolute atomic E-state index is 6.27. The van der Waals surface area contributed by atoms with Gasteiger partial charge in [0.1, 0.15) is 0 Å². The molecule has 15 heavy (non-hydrogen) atoms. The van der Waals surface area contributed by atoms with E-state index in [1.807, 2.05) is 0 Å². The zero-order valence-electron chi connectivity index (χ0n) is 9.90. The molecule has 0 aromatic carbocycles. The maximum Gasteiger partial charge on any atom is 0.0518 e. The Morgan fingerprint density at radius 2 is 2.00 bits per heavy atom. The van der Waals surface area contributed by atoms with Gasteiger partial charge in [-0.2, -0.15) is 0 Å². The van der Waals surface area contributed by atoms with Crippen molar-refractivity contribution in [3.05, 3.63) is 11.6 Å². The molecule has 0 heterocycles. The van der Waals surface area contributed by atoms with Crippen molar-refractivity contribution in [2.45, 2.75) is 70.1 Å². The molecule has 0 N–H and O–H groups in total. The van der Waals surface area contributed by atoms with E-state index >= 15 is 0 Å². The van der Waals surface area contributed by atoms with Gasteiger partial charge in [-0.1, -0.05) is 37.8 Å². The van der Waals surface area contributed by atoms with E-state index in [1.54, 1.807) is 5.57 Å². The number of rotatable bonds is 2. The highest BCUT2D eigenvalue weighted by Crippen LogP contribution is 2.43.